The Hall–Kier alpha value is -1.49. The Morgan fingerprint density at radius 1 is 1.30 bits per heavy atom. The second kappa shape index (κ2) is 9.76. The van der Waals surface area contributed by atoms with Crippen molar-refractivity contribution in [2.45, 2.75) is 49.8 Å². The Morgan fingerprint density at radius 2 is 2.00 bits per heavy atom. The number of carbonyl (C=O) groups is 1. The first kappa shape index (κ1) is 23.2. The summed E-state index contributed by atoms with van der Waals surface area (Å²) in [6, 6.07) is 4.72. The molecule has 1 aliphatic rings. The van der Waals surface area contributed by atoms with Gasteiger partial charge < -0.3 is 0 Å². The summed E-state index contributed by atoms with van der Waals surface area (Å²) in [6.45, 7) is 9.22. The average Bonchev–Trinajstić information content (AvgIpc) is 3.14. The van der Waals surface area contributed by atoms with Crippen molar-refractivity contribution in [3.63, 3.8) is 0 Å². The molecule has 1 saturated heterocycles. The van der Waals surface area contributed by atoms with E-state index in [0.29, 0.717) is 41.2 Å². The second-order valence-electron chi connectivity index (χ2n) is 8.10. The number of amides is 1. The smallest absolute Gasteiger partial charge is 0.257 e. The first-order valence-corrected chi connectivity index (χ1v) is 13.3. The zero-order valence-electron chi connectivity index (χ0n) is 17.7. The van der Waals surface area contributed by atoms with E-state index in [-0.39, 0.29) is 10.8 Å². The van der Waals surface area contributed by atoms with Crippen LogP contribution >= 0.6 is 23.1 Å². The third kappa shape index (κ3) is 5.60. The van der Waals surface area contributed by atoms with E-state index in [4.69, 9.17) is 0 Å². The molecule has 0 radical (unpaired) electrons. The zero-order valence-corrected chi connectivity index (χ0v) is 20.2. The Bertz CT molecular complexity index is 996. The minimum atomic E-state index is -3.62. The van der Waals surface area contributed by atoms with E-state index < -0.39 is 10.0 Å². The van der Waals surface area contributed by atoms with Crippen molar-refractivity contribution in [2.24, 2.45) is 11.8 Å². The zero-order chi connectivity index (χ0) is 21.9. The van der Waals surface area contributed by atoms with Gasteiger partial charge in [-0.2, -0.15) is 4.31 Å². The van der Waals surface area contributed by atoms with Gasteiger partial charge in [0.1, 0.15) is 0 Å². The SMILES string of the molecule is Cc1ccc(S(=O)(=O)N2CCC(C)CC2)cc1C(=O)Nc1nnc(SCC(C)C)s1. The van der Waals surface area contributed by atoms with Crippen LogP contribution in [0.15, 0.2) is 27.4 Å². The molecule has 0 bridgehead atoms. The lowest BCUT2D eigenvalue weighted by Crippen LogP contribution is -2.38. The van der Waals surface area contributed by atoms with Gasteiger partial charge in [-0.05, 0) is 49.3 Å². The van der Waals surface area contributed by atoms with Crippen molar-refractivity contribution in [3.05, 3.63) is 29.3 Å². The molecule has 10 heteroatoms. The predicted octanol–water partition coefficient (Wildman–Crippen LogP) is 4.27. The topological polar surface area (TPSA) is 92.3 Å². The molecule has 0 unspecified atom stereocenters. The van der Waals surface area contributed by atoms with Crippen LogP contribution in [0.5, 0.6) is 0 Å². The average molecular weight is 469 g/mol. The molecule has 1 amide bonds. The minimum absolute atomic E-state index is 0.151. The van der Waals surface area contributed by atoms with Gasteiger partial charge >= 0.3 is 0 Å². The first-order valence-electron chi connectivity index (χ1n) is 10.0. The van der Waals surface area contributed by atoms with Gasteiger partial charge in [0.25, 0.3) is 5.91 Å². The first-order chi connectivity index (χ1) is 14.2. The van der Waals surface area contributed by atoms with Crippen molar-refractivity contribution in [1.29, 1.82) is 0 Å². The highest BCUT2D eigenvalue weighted by molar-refractivity contribution is 8.01. The lowest BCUT2D eigenvalue weighted by Gasteiger charge is -2.29. The van der Waals surface area contributed by atoms with Crippen LogP contribution in [-0.2, 0) is 10.0 Å². The van der Waals surface area contributed by atoms with Crippen molar-refractivity contribution >= 4 is 44.2 Å². The summed E-state index contributed by atoms with van der Waals surface area (Å²) >= 11 is 2.92. The Kier molecular flexibility index (Phi) is 7.54. The summed E-state index contributed by atoms with van der Waals surface area (Å²) in [4.78, 5) is 13.0. The van der Waals surface area contributed by atoms with Crippen molar-refractivity contribution in [3.8, 4) is 0 Å². The molecule has 3 rings (SSSR count). The van der Waals surface area contributed by atoms with Gasteiger partial charge in [0.2, 0.25) is 15.2 Å². The molecule has 2 heterocycles. The monoisotopic (exact) mass is 468 g/mol. The number of nitrogens with zero attached hydrogens (tertiary/aromatic N) is 3. The van der Waals surface area contributed by atoms with Crippen LogP contribution in [-0.4, -0.2) is 47.7 Å². The molecule has 1 aromatic carbocycles. The fourth-order valence-electron chi connectivity index (χ4n) is 3.10. The summed E-state index contributed by atoms with van der Waals surface area (Å²) in [7, 11) is -3.62. The van der Waals surface area contributed by atoms with Crippen LogP contribution in [0.4, 0.5) is 5.13 Å². The molecule has 164 valence electrons. The highest BCUT2D eigenvalue weighted by atomic mass is 32.2. The van der Waals surface area contributed by atoms with Gasteiger partial charge in [-0.25, -0.2) is 8.42 Å². The molecule has 1 aromatic heterocycles. The number of aromatic nitrogens is 2. The molecule has 1 N–H and O–H groups in total. The summed E-state index contributed by atoms with van der Waals surface area (Å²) in [5.41, 5.74) is 1.03. The standard InChI is InChI=1S/C20H28N4O3S3/c1-13(2)12-28-20-23-22-19(29-20)21-18(25)17-11-16(6-5-15(17)4)30(26,27)24-9-7-14(3)8-10-24/h5-6,11,13-14H,7-10,12H2,1-4H3,(H,21,22,25). The number of sulfonamides is 1. The van der Waals surface area contributed by atoms with E-state index in [0.717, 1.165) is 22.9 Å². The number of aryl methyl sites for hydroxylation is 1. The lowest BCUT2D eigenvalue weighted by atomic mass is 10.0. The van der Waals surface area contributed by atoms with Crippen LogP contribution in [0.2, 0.25) is 0 Å². The molecule has 1 aliphatic heterocycles. The largest absolute Gasteiger partial charge is 0.296 e. The third-order valence-electron chi connectivity index (χ3n) is 5.00. The number of anilines is 1. The Labute approximate surface area is 186 Å². The van der Waals surface area contributed by atoms with Crippen molar-refractivity contribution in [1.82, 2.24) is 14.5 Å². The van der Waals surface area contributed by atoms with Crippen LogP contribution < -0.4 is 5.32 Å². The molecule has 0 spiro atoms. The van der Waals surface area contributed by atoms with Crippen LogP contribution in [0.3, 0.4) is 0 Å². The van der Waals surface area contributed by atoms with E-state index in [1.807, 2.05) is 0 Å². The van der Waals surface area contributed by atoms with Gasteiger partial charge in [0.05, 0.1) is 4.90 Å². The molecule has 2 aromatic rings. The number of piperidine rings is 1. The van der Waals surface area contributed by atoms with E-state index >= 15 is 0 Å². The fraction of sp³-hybridized carbons (Fsp3) is 0.550. The Balaban J connectivity index is 1.75. The molecule has 0 atom stereocenters. The van der Waals surface area contributed by atoms with E-state index in [1.54, 1.807) is 30.8 Å². The van der Waals surface area contributed by atoms with Crippen molar-refractivity contribution < 1.29 is 13.2 Å². The normalized spacial score (nSPS) is 16.2. The van der Waals surface area contributed by atoms with Gasteiger partial charge in [-0.1, -0.05) is 49.9 Å². The molecule has 0 saturated carbocycles. The number of rotatable bonds is 7. The summed E-state index contributed by atoms with van der Waals surface area (Å²) in [6.07, 6.45) is 1.71. The summed E-state index contributed by atoms with van der Waals surface area (Å²) < 4.78 is 28.4. The molecule has 1 fully saturated rings. The molecular weight excluding hydrogens is 440 g/mol. The highest BCUT2D eigenvalue weighted by Gasteiger charge is 2.29. The molecule has 30 heavy (non-hydrogen) atoms. The number of thioether (sulfide) groups is 1. The number of benzene rings is 1. The quantitative estimate of drug-likeness (QED) is 0.482. The van der Waals surface area contributed by atoms with Crippen LogP contribution in [0.1, 0.15) is 49.5 Å². The van der Waals surface area contributed by atoms with E-state index in [9.17, 15) is 13.2 Å². The molecule has 0 aliphatic carbocycles. The minimum Gasteiger partial charge on any atom is -0.296 e. The number of carbonyl (C=O) groups excluding carboxylic acids is 1. The maximum absolute atomic E-state index is 13.0. The highest BCUT2D eigenvalue weighted by Crippen LogP contribution is 2.28. The van der Waals surface area contributed by atoms with Crippen LogP contribution in [0.25, 0.3) is 0 Å². The van der Waals surface area contributed by atoms with Gasteiger partial charge in [0.15, 0.2) is 4.34 Å². The van der Waals surface area contributed by atoms with Crippen LogP contribution in [0, 0.1) is 18.8 Å². The molecular formula is C20H28N4O3S3. The second-order valence-corrected chi connectivity index (χ2v) is 12.3. The van der Waals surface area contributed by atoms with Gasteiger partial charge in [-0.15, -0.1) is 10.2 Å². The van der Waals surface area contributed by atoms with E-state index in [1.165, 1.54) is 21.7 Å². The Morgan fingerprint density at radius 3 is 2.67 bits per heavy atom. The summed E-state index contributed by atoms with van der Waals surface area (Å²) in [5, 5.41) is 11.3. The number of hydrogen-bond acceptors (Lipinski definition) is 7. The maximum atomic E-state index is 13.0. The van der Waals surface area contributed by atoms with Gasteiger partial charge in [-0.3, -0.25) is 10.1 Å². The molecule has 7 nitrogen and oxygen atoms in total. The summed E-state index contributed by atoms with van der Waals surface area (Å²) in [5.74, 6) is 1.61. The number of hydrogen-bond donors (Lipinski definition) is 1. The predicted molar refractivity (Wildman–Crippen MR) is 122 cm³/mol. The van der Waals surface area contributed by atoms with E-state index in [2.05, 4.69) is 36.3 Å². The number of nitrogens with one attached hydrogen (secondary N) is 1. The van der Waals surface area contributed by atoms with Gasteiger partial charge in [0, 0.05) is 24.4 Å². The third-order valence-corrected chi connectivity index (χ3v) is 9.29. The van der Waals surface area contributed by atoms with Crippen molar-refractivity contribution in [2.75, 3.05) is 24.2 Å². The fourth-order valence-corrected chi connectivity index (χ4v) is 6.32. The lowest BCUT2D eigenvalue weighted by molar-refractivity contribution is 0.102. The maximum Gasteiger partial charge on any atom is 0.257 e.